The predicted octanol–water partition coefficient (Wildman–Crippen LogP) is 3.23. The third-order valence-electron chi connectivity index (χ3n) is 4.19. The lowest BCUT2D eigenvalue weighted by Gasteiger charge is -2.29. The molecule has 2 aliphatic rings. The molecular weight excluding hydrogens is 256 g/mol. The van der Waals surface area contributed by atoms with Crippen molar-refractivity contribution in [3.8, 4) is 0 Å². The summed E-state index contributed by atoms with van der Waals surface area (Å²) >= 11 is 0. The summed E-state index contributed by atoms with van der Waals surface area (Å²) in [5.41, 5.74) is 0.0866. The van der Waals surface area contributed by atoms with Crippen LogP contribution in [-0.4, -0.2) is 29.5 Å². The third kappa shape index (κ3) is 2.74. The maximum atomic E-state index is 5.89. The van der Waals surface area contributed by atoms with Crippen molar-refractivity contribution in [2.24, 2.45) is 5.41 Å². The van der Waals surface area contributed by atoms with Crippen LogP contribution in [0.1, 0.15) is 70.2 Å². The Morgan fingerprint density at radius 1 is 1.05 bits per heavy atom. The molecule has 3 heterocycles. The molecule has 20 heavy (non-hydrogen) atoms. The summed E-state index contributed by atoms with van der Waals surface area (Å²) in [6.45, 7) is 8.15. The Labute approximate surface area is 120 Å². The zero-order chi connectivity index (χ0) is 14.2. The summed E-state index contributed by atoms with van der Waals surface area (Å²) < 4.78 is 17.0. The molecule has 3 rings (SSSR count). The highest BCUT2D eigenvalue weighted by Gasteiger charge is 2.41. The van der Waals surface area contributed by atoms with Crippen LogP contribution >= 0.6 is 0 Å². The minimum atomic E-state index is -0.0135. The van der Waals surface area contributed by atoms with E-state index in [1.165, 1.54) is 6.42 Å². The zero-order valence-corrected chi connectivity index (χ0v) is 12.6. The SMILES string of the molecule is CC(C)(C)[C@H]1OCC[C@@H]1c1noc([C@H]2CCCCO2)n1. The molecular formula is C15H24N2O3. The topological polar surface area (TPSA) is 57.4 Å². The first-order valence-electron chi connectivity index (χ1n) is 7.62. The number of aromatic nitrogens is 2. The van der Waals surface area contributed by atoms with Crippen LogP contribution in [0.5, 0.6) is 0 Å². The van der Waals surface area contributed by atoms with Gasteiger partial charge in [0.25, 0.3) is 5.89 Å². The number of ether oxygens (including phenoxy) is 2. The molecule has 0 bridgehead atoms. The van der Waals surface area contributed by atoms with Gasteiger partial charge < -0.3 is 14.0 Å². The first-order valence-corrected chi connectivity index (χ1v) is 7.62. The Morgan fingerprint density at radius 3 is 2.60 bits per heavy atom. The van der Waals surface area contributed by atoms with Gasteiger partial charge in [0, 0.05) is 13.2 Å². The average Bonchev–Trinajstić information content (AvgIpc) is 3.08. The molecule has 3 atom stereocenters. The van der Waals surface area contributed by atoms with Crippen molar-refractivity contribution in [2.45, 2.75) is 64.6 Å². The Hall–Kier alpha value is -0.940. The van der Waals surface area contributed by atoms with Crippen LogP contribution in [0, 0.1) is 5.41 Å². The van der Waals surface area contributed by atoms with Crippen LogP contribution < -0.4 is 0 Å². The van der Waals surface area contributed by atoms with E-state index in [0.29, 0.717) is 5.89 Å². The van der Waals surface area contributed by atoms with Gasteiger partial charge in [-0.1, -0.05) is 25.9 Å². The second kappa shape index (κ2) is 5.45. The number of nitrogens with zero attached hydrogens (tertiary/aromatic N) is 2. The van der Waals surface area contributed by atoms with E-state index in [2.05, 4.69) is 30.9 Å². The highest BCUT2D eigenvalue weighted by atomic mass is 16.5. The van der Waals surface area contributed by atoms with Gasteiger partial charge in [-0.3, -0.25) is 0 Å². The van der Waals surface area contributed by atoms with Crippen molar-refractivity contribution in [3.63, 3.8) is 0 Å². The Morgan fingerprint density at radius 2 is 1.90 bits per heavy atom. The van der Waals surface area contributed by atoms with E-state index in [4.69, 9.17) is 14.0 Å². The summed E-state index contributed by atoms with van der Waals surface area (Å²) in [7, 11) is 0. The fourth-order valence-electron chi connectivity index (χ4n) is 3.17. The van der Waals surface area contributed by atoms with Gasteiger partial charge in [-0.2, -0.15) is 4.98 Å². The van der Waals surface area contributed by atoms with Crippen molar-refractivity contribution in [2.75, 3.05) is 13.2 Å². The van der Waals surface area contributed by atoms with Gasteiger partial charge in [0.05, 0.1) is 12.0 Å². The maximum absolute atomic E-state index is 5.89. The fraction of sp³-hybridized carbons (Fsp3) is 0.867. The van der Waals surface area contributed by atoms with E-state index in [1.807, 2.05) is 0 Å². The minimum Gasteiger partial charge on any atom is -0.377 e. The molecule has 5 nitrogen and oxygen atoms in total. The summed E-state index contributed by atoms with van der Waals surface area (Å²) in [6, 6.07) is 0. The van der Waals surface area contributed by atoms with Crippen molar-refractivity contribution >= 4 is 0 Å². The Bertz CT molecular complexity index is 446. The van der Waals surface area contributed by atoms with Crippen LogP contribution in [-0.2, 0) is 9.47 Å². The van der Waals surface area contributed by atoms with Crippen molar-refractivity contribution < 1.29 is 14.0 Å². The summed E-state index contributed by atoms with van der Waals surface area (Å²) in [5, 5.41) is 4.19. The second-order valence-corrected chi connectivity index (χ2v) is 6.90. The number of hydrogen-bond donors (Lipinski definition) is 0. The summed E-state index contributed by atoms with van der Waals surface area (Å²) in [6.07, 6.45) is 4.37. The molecule has 0 amide bonds. The molecule has 1 aromatic heterocycles. The maximum Gasteiger partial charge on any atom is 0.255 e. The Kier molecular flexibility index (Phi) is 3.82. The normalized spacial score (nSPS) is 31.6. The fourth-order valence-corrected chi connectivity index (χ4v) is 3.17. The van der Waals surface area contributed by atoms with Gasteiger partial charge in [-0.05, 0) is 31.1 Å². The van der Waals surface area contributed by atoms with Crippen LogP contribution in [0.2, 0.25) is 0 Å². The molecule has 0 spiro atoms. The molecule has 5 heteroatoms. The Balaban J connectivity index is 1.75. The van der Waals surface area contributed by atoms with Crippen molar-refractivity contribution in [3.05, 3.63) is 11.7 Å². The van der Waals surface area contributed by atoms with Crippen LogP contribution in [0.15, 0.2) is 4.52 Å². The first kappa shape index (κ1) is 14.0. The molecule has 2 fully saturated rings. The van der Waals surface area contributed by atoms with E-state index in [1.54, 1.807) is 0 Å². The zero-order valence-electron chi connectivity index (χ0n) is 12.6. The molecule has 1 aromatic rings. The largest absolute Gasteiger partial charge is 0.377 e. The van der Waals surface area contributed by atoms with Gasteiger partial charge in [0.2, 0.25) is 0 Å². The molecule has 0 N–H and O–H groups in total. The van der Waals surface area contributed by atoms with E-state index >= 15 is 0 Å². The number of rotatable bonds is 2. The van der Waals surface area contributed by atoms with E-state index in [9.17, 15) is 0 Å². The predicted molar refractivity (Wildman–Crippen MR) is 73.4 cm³/mol. The average molecular weight is 280 g/mol. The molecule has 0 saturated carbocycles. The van der Waals surface area contributed by atoms with Crippen LogP contribution in [0.4, 0.5) is 0 Å². The van der Waals surface area contributed by atoms with Crippen molar-refractivity contribution in [1.82, 2.24) is 10.1 Å². The smallest absolute Gasteiger partial charge is 0.255 e. The second-order valence-electron chi connectivity index (χ2n) is 6.90. The standard InChI is InChI=1S/C15H24N2O3/c1-15(2,3)12-10(7-9-19-12)13-16-14(20-17-13)11-6-4-5-8-18-11/h10-12H,4-9H2,1-3H3/t10-,11+,12-/m0/s1. The van der Waals surface area contributed by atoms with Gasteiger partial charge in [0.15, 0.2) is 5.82 Å². The number of hydrogen-bond acceptors (Lipinski definition) is 5. The van der Waals surface area contributed by atoms with Gasteiger partial charge in [-0.15, -0.1) is 0 Å². The molecule has 2 aliphatic heterocycles. The first-order chi connectivity index (χ1) is 9.55. The van der Waals surface area contributed by atoms with Crippen molar-refractivity contribution in [1.29, 1.82) is 0 Å². The summed E-state index contributed by atoms with van der Waals surface area (Å²) in [4.78, 5) is 4.60. The lowest BCUT2D eigenvalue weighted by molar-refractivity contribution is -0.00459. The molecule has 0 aromatic carbocycles. The molecule has 2 saturated heterocycles. The van der Waals surface area contributed by atoms with Crippen LogP contribution in [0.3, 0.4) is 0 Å². The van der Waals surface area contributed by atoms with Gasteiger partial charge >= 0.3 is 0 Å². The van der Waals surface area contributed by atoms with Crippen LogP contribution in [0.25, 0.3) is 0 Å². The molecule has 0 unspecified atom stereocenters. The quantitative estimate of drug-likeness (QED) is 0.832. The minimum absolute atomic E-state index is 0.0135. The molecule has 112 valence electrons. The summed E-state index contributed by atoms with van der Waals surface area (Å²) in [5.74, 6) is 1.65. The van der Waals surface area contributed by atoms with Gasteiger partial charge in [0.1, 0.15) is 6.10 Å². The lowest BCUT2D eigenvalue weighted by atomic mass is 9.81. The van der Waals surface area contributed by atoms with Gasteiger partial charge in [-0.25, -0.2) is 0 Å². The highest BCUT2D eigenvalue weighted by Crippen LogP contribution is 2.40. The van der Waals surface area contributed by atoms with E-state index < -0.39 is 0 Å². The monoisotopic (exact) mass is 280 g/mol. The molecule has 0 radical (unpaired) electrons. The molecule has 0 aliphatic carbocycles. The van der Waals surface area contributed by atoms with E-state index in [-0.39, 0.29) is 23.5 Å². The highest BCUT2D eigenvalue weighted by molar-refractivity contribution is 5.05. The lowest BCUT2D eigenvalue weighted by Crippen LogP contribution is -2.30. The third-order valence-corrected chi connectivity index (χ3v) is 4.19. The van der Waals surface area contributed by atoms with E-state index in [0.717, 1.165) is 38.3 Å².